The second-order valence-corrected chi connectivity index (χ2v) is 9.75. The monoisotopic (exact) mass is 446 g/mol. The molecule has 0 radical (unpaired) electrons. The number of aryl methyl sites for hydroxylation is 1. The van der Waals surface area contributed by atoms with Crippen LogP contribution in [0.15, 0.2) is 42.9 Å². The van der Waals surface area contributed by atoms with E-state index in [1.165, 1.54) is 0 Å². The van der Waals surface area contributed by atoms with Crippen LogP contribution in [0.25, 0.3) is 11.3 Å². The maximum Gasteiger partial charge on any atom is 0.274 e. The minimum absolute atomic E-state index is 0.207. The van der Waals surface area contributed by atoms with Gasteiger partial charge < -0.3 is 15.3 Å². The van der Waals surface area contributed by atoms with E-state index in [0.717, 1.165) is 55.0 Å². The lowest BCUT2D eigenvalue weighted by Crippen LogP contribution is -2.33. The molecule has 0 unspecified atom stereocenters. The molecule has 1 saturated heterocycles. The minimum atomic E-state index is -0.710. The molecule has 172 valence electrons. The SMILES string of the molecule is Cn1cc(-c2cccc(C(=O)Nc3cc(N4CC[C@@H](C(C)(C)O)C4)cnc3C3CC3)n2)cn1. The number of hydrogen-bond acceptors (Lipinski definition) is 6. The van der Waals surface area contributed by atoms with E-state index in [4.69, 9.17) is 4.98 Å². The van der Waals surface area contributed by atoms with Gasteiger partial charge in [0.1, 0.15) is 5.69 Å². The Labute approximate surface area is 193 Å². The fourth-order valence-corrected chi connectivity index (χ4v) is 4.45. The van der Waals surface area contributed by atoms with Crippen molar-refractivity contribution in [1.82, 2.24) is 19.7 Å². The zero-order valence-electron chi connectivity index (χ0n) is 19.3. The van der Waals surface area contributed by atoms with Crippen molar-refractivity contribution in [1.29, 1.82) is 0 Å². The molecule has 4 heterocycles. The highest BCUT2D eigenvalue weighted by molar-refractivity contribution is 6.03. The lowest BCUT2D eigenvalue weighted by atomic mass is 9.90. The Morgan fingerprint density at radius 2 is 2.03 bits per heavy atom. The van der Waals surface area contributed by atoms with Gasteiger partial charge in [-0.15, -0.1) is 0 Å². The standard InChI is InChI=1S/C25H30N6O2/c1-25(2,33)18-9-10-31(15-18)19-11-22(23(26-13-19)16-7-8-16)29-24(32)21-6-4-5-20(28-21)17-12-27-30(3)14-17/h4-6,11-14,16,18,33H,7-10,15H2,1-3H3,(H,29,32)/t18-/m1/s1. The first-order chi connectivity index (χ1) is 15.8. The van der Waals surface area contributed by atoms with Crippen molar-refractivity contribution in [2.45, 2.75) is 44.6 Å². The van der Waals surface area contributed by atoms with E-state index in [0.29, 0.717) is 17.3 Å². The van der Waals surface area contributed by atoms with Gasteiger partial charge in [0.25, 0.3) is 5.91 Å². The number of carbonyl (C=O) groups excluding carboxylic acids is 1. The van der Waals surface area contributed by atoms with Gasteiger partial charge in [-0.3, -0.25) is 14.5 Å². The van der Waals surface area contributed by atoms with Crippen LogP contribution in [0.1, 0.15) is 55.2 Å². The fraction of sp³-hybridized carbons (Fsp3) is 0.440. The average Bonchev–Trinajstić information content (AvgIpc) is 3.31. The molecule has 1 aliphatic carbocycles. The molecule has 2 N–H and O–H groups in total. The third-order valence-electron chi connectivity index (χ3n) is 6.65. The van der Waals surface area contributed by atoms with E-state index >= 15 is 0 Å². The van der Waals surface area contributed by atoms with Gasteiger partial charge in [-0.2, -0.15) is 5.10 Å². The summed E-state index contributed by atoms with van der Waals surface area (Å²) in [7, 11) is 1.85. The first-order valence-electron chi connectivity index (χ1n) is 11.5. The molecule has 2 fully saturated rings. The third-order valence-corrected chi connectivity index (χ3v) is 6.65. The van der Waals surface area contributed by atoms with Gasteiger partial charge in [0.2, 0.25) is 0 Å². The Bertz CT molecular complexity index is 1180. The highest BCUT2D eigenvalue weighted by atomic mass is 16.3. The van der Waals surface area contributed by atoms with Crippen LogP contribution < -0.4 is 10.2 Å². The quantitative estimate of drug-likeness (QED) is 0.601. The van der Waals surface area contributed by atoms with Crippen molar-refractivity contribution in [3.05, 3.63) is 54.2 Å². The molecule has 1 amide bonds. The number of amides is 1. The lowest BCUT2D eigenvalue weighted by molar-refractivity contribution is 0.0263. The van der Waals surface area contributed by atoms with Crippen LogP contribution in [0.2, 0.25) is 0 Å². The van der Waals surface area contributed by atoms with Crippen LogP contribution in [0.4, 0.5) is 11.4 Å². The predicted octanol–water partition coefficient (Wildman–Crippen LogP) is 3.60. The Hall–Kier alpha value is -3.26. The van der Waals surface area contributed by atoms with Crippen LogP contribution in [-0.2, 0) is 7.05 Å². The molecule has 1 aliphatic heterocycles. The third kappa shape index (κ3) is 4.61. The number of hydrogen-bond donors (Lipinski definition) is 2. The molecule has 1 saturated carbocycles. The van der Waals surface area contributed by atoms with Crippen molar-refractivity contribution >= 4 is 17.3 Å². The van der Waals surface area contributed by atoms with Crippen LogP contribution in [0, 0.1) is 5.92 Å². The maximum atomic E-state index is 13.1. The van der Waals surface area contributed by atoms with Crippen LogP contribution in [0.5, 0.6) is 0 Å². The second-order valence-electron chi connectivity index (χ2n) is 9.75. The van der Waals surface area contributed by atoms with Crippen molar-refractivity contribution in [3.63, 3.8) is 0 Å². The normalized spacial score (nSPS) is 18.5. The number of rotatable bonds is 6. The van der Waals surface area contributed by atoms with Gasteiger partial charge in [0, 0.05) is 43.7 Å². The first-order valence-corrected chi connectivity index (χ1v) is 11.5. The van der Waals surface area contributed by atoms with Gasteiger partial charge in [0.05, 0.1) is 40.8 Å². The summed E-state index contributed by atoms with van der Waals surface area (Å²) in [6, 6.07) is 7.45. The molecule has 3 aromatic heterocycles. The van der Waals surface area contributed by atoms with Gasteiger partial charge >= 0.3 is 0 Å². The largest absolute Gasteiger partial charge is 0.390 e. The maximum absolute atomic E-state index is 13.1. The summed E-state index contributed by atoms with van der Waals surface area (Å²) in [5, 5.41) is 17.7. The molecule has 33 heavy (non-hydrogen) atoms. The number of carbonyl (C=O) groups is 1. The summed E-state index contributed by atoms with van der Waals surface area (Å²) < 4.78 is 1.71. The molecular weight excluding hydrogens is 416 g/mol. The highest BCUT2D eigenvalue weighted by Crippen LogP contribution is 2.43. The van der Waals surface area contributed by atoms with E-state index in [9.17, 15) is 9.90 Å². The molecule has 0 spiro atoms. The number of aromatic nitrogens is 4. The van der Waals surface area contributed by atoms with E-state index in [1.807, 2.05) is 51.5 Å². The van der Waals surface area contributed by atoms with E-state index in [2.05, 4.69) is 20.3 Å². The summed E-state index contributed by atoms with van der Waals surface area (Å²) in [6.45, 7) is 5.37. The van der Waals surface area contributed by atoms with E-state index in [1.54, 1.807) is 16.9 Å². The summed E-state index contributed by atoms with van der Waals surface area (Å²) >= 11 is 0. The summed E-state index contributed by atoms with van der Waals surface area (Å²) in [5.74, 6) is 0.349. The first kappa shape index (κ1) is 21.6. The van der Waals surface area contributed by atoms with Gasteiger partial charge in [-0.1, -0.05) is 6.07 Å². The molecule has 3 aromatic rings. The lowest BCUT2D eigenvalue weighted by Gasteiger charge is -2.26. The van der Waals surface area contributed by atoms with Gasteiger partial charge in [-0.05, 0) is 51.3 Å². The van der Waals surface area contributed by atoms with Gasteiger partial charge in [0.15, 0.2) is 0 Å². The molecule has 0 bridgehead atoms. The van der Waals surface area contributed by atoms with Crippen LogP contribution in [-0.4, -0.2) is 49.5 Å². The number of pyridine rings is 2. The number of nitrogens with one attached hydrogen (secondary N) is 1. The van der Waals surface area contributed by atoms with Crippen molar-refractivity contribution in [3.8, 4) is 11.3 Å². The summed E-state index contributed by atoms with van der Waals surface area (Å²) in [6.07, 6.45) is 8.63. The zero-order valence-corrected chi connectivity index (χ0v) is 19.3. The van der Waals surface area contributed by atoms with Crippen LogP contribution in [0.3, 0.4) is 0 Å². The number of aliphatic hydroxyl groups is 1. The van der Waals surface area contributed by atoms with Crippen molar-refractivity contribution in [2.24, 2.45) is 13.0 Å². The molecule has 8 nitrogen and oxygen atoms in total. The number of anilines is 2. The predicted molar refractivity (Wildman–Crippen MR) is 127 cm³/mol. The van der Waals surface area contributed by atoms with Crippen LogP contribution >= 0.6 is 0 Å². The smallest absolute Gasteiger partial charge is 0.274 e. The average molecular weight is 447 g/mol. The Morgan fingerprint density at radius 3 is 2.70 bits per heavy atom. The van der Waals surface area contributed by atoms with Crippen molar-refractivity contribution < 1.29 is 9.90 Å². The minimum Gasteiger partial charge on any atom is -0.390 e. The van der Waals surface area contributed by atoms with Gasteiger partial charge in [-0.25, -0.2) is 4.98 Å². The summed E-state index contributed by atoms with van der Waals surface area (Å²) in [4.78, 5) is 24.7. The second kappa shape index (κ2) is 8.26. The van der Waals surface area contributed by atoms with E-state index in [-0.39, 0.29) is 11.8 Å². The Kier molecular flexibility index (Phi) is 5.40. The molecule has 5 rings (SSSR count). The molecule has 2 aliphatic rings. The van der Waals surface area contributed by atoms with E-state index < -0.39 is 5.60 Å². The topological polar surface area (TPSA) is 96.2 Å². The Morgan fingerprint density at radius 1 is 1.21 bits per heavy atom. The fourth-order valence-electron chi connectivity index (χ4n) is 4.45. The highest BCUT2D eigenvalue weighted by Gasteiger charge is 2.34. The summed E-state index contributed by atoms with van der Waals surface area (Å²) in [5.41, 5.74) is 3.88. The van der Waals surface area contributed by atoms with Crippen molar-refractivity contribution in [2.75, 3.05) is 23.3 Å². The Balaban J connectivity index is 1.39. The number of nitrogens with zero attached hydrogens (tertiary/aromatic N) is 5. The zero-order chi connectivity index (χ0) is 23.2. The molecule has 1 atom stereocenters. The molecule has 8 heteroatoms. The molecular formula is C25H30N6O2. The molecule has 0 aromatic carbocycles.